The maximum absolute atomic E-state index is 13.4. The van der Waals surface area contributed by atoms with E-state index in [1.54, 1.807) is 29.3 Å². The van der Waals surface area contributed by atoms with Gasteiger partial charge in [-0.2, -0.15) is 0 Å². The number of aliphatic carboxylic acids is 1. The van der Waals surface area contributed by atoms with Crippen LogP contribution in [0.25, 0.3) is 0 Å². The van der Waals surface area contributed by atoms with E-state index < -0.39 is 5.97 Å². The van der Waals surface area contributed by atoms with Gasteiger partial charge in [0, 0.05) is 29.3 Å². The van der Waals surface area contributed by atoms with Crippen molar-refractivity contribution in [1.82, 2.24) is 10.3 Å². The molecule has 3 aromatic rings. The zero-order valence-electron chi connectivity index (χ0n) is 18.3. The SMILES string of the molecule is CC(C)CC(NC(=O)c1cc(CSc2nccs2)ccc1CCC(=O)O)c1ccccc1. The van der Waals surface area contributed by atoms with Gasteiger partial charge in [0.05, 0.1) is 6.04 Å². The van der Waals surface area contributed by atoms with Crippen molar-refractivity contribution in [2.75, 3.05) is 0 Å². The predicted molar refractivity (Wildman–Crippen MR) is 130 cm³/mol. The van der Waals surface area contributed by atoms with Crippen molar-refractivity contribution in [1.29, 1.82) is 0 Å². The molecule has 0 saturated carbocycles. The number of aryl methyl sites for hydroxylation is 1. The Kier molecular flexibility index (Phi) is 8.88. The molecule has 0 radical (unpaired) electrons. The van der Waals surface area contributed by atoms with Crippen molar-refractivity contribution in [2.45, 2.75) is 49.2 Å². The summed E-state index contributed by atoms with van der Waals surface area (Å²) in [5.74, 6) is 0.0666. The molecule has 3 rings (SSSR count). The number of hydrogen-bond donors (Lipinski definition) is 2. The van der Waals surface area contributed by atoms with Crippen LogP contribution in [0.5, 0.6) is 0 Å². The van der Waals surface area contributed by atoms with Crippen LogP contribution >= 0.6 is 23.1 Å². The molecule has 0 spiro atoms. The number of hydrogen-bond acceptors (Lipinski definition) is 5. The van der Waals surface area contributed by atoms with E-state index in [-0.39, 0.29) is 18.4 Å². The molecule has 2 N–H and O–H groups in total. The number of carbonyl (C=O) groups excluding carboxylic acids is 1. The summed E-state index contributed by atoms with van der Waals surface area (Å²) >= 11 is 3.21. The van der Waals surface area contributed by atoms with Crippen LogP contribution in [0, 0.1) is 5.92 Å². The van der Waals surface area contributed by atoms with Crippen molar-refractivity contribution < 1.29 is 14.7 Å². The summed E-state index contributed by atoms with van der Waals surface area (Å²) < 4.78 is 0.979. The zero-order chi connectivity index (χ0) is 22.9. The molecule has 1 atom stereocenters. The van der Waals surface area contributed by atoms with E-state index in [1.165, 1.54) is 0 Å². The fraction of sp³-hybridized carbons (Fsp3) is 0.320. The fourth-order valence-electron chi connectivity index (χ4n) is 3.48. The topological polar surface area (TPSA) is 79.3 Å². The minimum Gasteiger partial charge on any atom is -0.481 e. The van der Waals surface area contributed by atoms with Gasteiger partial charge in [-0.15, -0.1) is 11.3 Å². The molecule has 0 fully saturated rings. The third kappa shape index (κ3) is 7.21. The lowest BCUT2D eigenvalue weighted by molar-refractivity contribution is -0.136. The summed E-state index contributed by atoms with van der Waals surface area (Å²) in [6, 6.07) is 15.6. The molecule has 1 unspecified atom stereocenters. The van der Waals surface area contributed by atoms with Gasteiger partial charge < -0.3 is 10.4 Å². The van der Waals surface area contributed by atoms with Gasteiger partial charge in [0.15, 0.2) is 0 Å². The summed E-state index contributed by atoms with van der Waals surface area (Å²) in [5.41, 5.74) is 3.38. The first-order chi connectivity index (χ1) is 15.4. The lowest BCUT2D eigenvalue weighted by atomic mass is 9.95. The van der Waals surface area contributed by atoms with Crippen LogP contribution in [0.3, 0.4) is 0 Å². The normalized spacial score (nSPS) is 12.0. The number of nitrogens with zero attached hydrogens (tertiary/aromatic N) is 1. The highest BCUT2D eigenvalue weighted by atomic mass is 32.2. The van der Waals surface area contributed by atoms with Crippen LogP contribution in [0.1, 0.15) is 59.8 Å². The second-order valence-electron chi connectivity index (χ2n) is 8.04. The number of nitrogens with one attached hydrogen (secondary N) is 1. The van der Waals surface area contributed by atoms with E-state index in [9.17, 15) is 9.59 Å². The summed E-state index contributed by atoms with van der Waals surface area (Å²) in [7, 11) is 0. The first-order valence-electron chi connectivity index (χ1n) is 10.6. The van der Waals surface area contributed by atoms with Gasteiger partial charge in [-0.3, -0.25) is 9.59 Å². The van der Waals surface area contributed by atoms with Crippen LogP contribution in [-0.2, 0) is 17.0 Å². The Hall–Kier alpha value is -2.64. The van der Waals surface area contributed by atoms with Gasteiger partial charge in [-0.25, -0.2) is 4.98 Å². The van der Waals surface area contributed by atoms with Crippen LogP contribution in [0.15, 0.2) is 64.4 Å². The molecule has 0 aliphatic carbocycles. The van der Waals surface area contributed by atoms with Gasteiger partial charge in [0.25, 0.3) is 5.91 Å². The van der Waals surface area contributed by atoms with Crippen LogP contribution < -0.4 is 5.32 Å². The summed E-state index contributed by atoms with van der Waals surface area (Å²) in [5, 5.41) is 14.3. The number of thioether (sulfide) groups is 1. The minimum atomic E-state index is -0.873. The third-order valence-corrected chi connectivity index (χ3v) is 7.05. The summed E-state index contributed by atoms with van der Waals surface area (Å²) in [4.78, 5) is 28.8. The zero-order valence-corrected chi connectivity index (χ0v) is 19.9. The van der Waals surface area contributed by atoms with Gasteiger partial charge in [-0.1, -0.05) is 68.1 Å². The average Bonchev–Trinajstić information content (AvgIpc) is 3.30. The molecule has 0 saturated heterocycles. The van der Waals surface area contributed by atoms with E-state index >= 15 is 0 Å². The van der Waals surface area contributed by atoms with E-state index in [4.69, 9.17) is 5.11 Å². The largest absolute Gasteiger partial charge is 0.481 e. The molecule has 7 heteroatoms. The number of amides is 1. The number of benzene rings is 2. The molecule has 0 aliphatic rings. The molecular weight excluding hydrogens is 440 g/mol. The van der Waals surface area contributed by atoms with Crippen molar-refractivity contribution in [3.63, 3.8) is 0 Å². The molecule has 1 amide bonds. The molecule has 5 nitrogen and oxygen atoms in total. The van der Waals surface area contributed by atoms with Crippen LogP contribution in [0.4, 0.5) is 0 Å². The molecule has 0 aliphatic heterocycles. The highest BCUT2D eigenvalue weighted by Crippen LogP contribution is 2.27. The summed E-state index contributed by atoms with van der Waals surface area (Å²) in [6.07, 6.45) is 2.90. The van der Waals surface area contributed by atoms with E-state index in [0.717, 1.165) is 27.5 Å². The number of rotatable bonds is 11. The standard InChI is InChI=1S/C25H28N2O3S2/c1-17(2)14-22(20-6-4-3-5-7-20)27-24(30)21-15-18(16-32-25-26-12-13-31-25)8-9-19(21)10-11-23(28)29/h3-9,12-13,15,17,22H,10-11,14,16H2,1-2H3,(H,27,30)(H,28,29). The fourth-order valence-corrected chi connectivity index (χ4v) is 5.06. The Bertz CT molecular complexity index is 1020. The average molecular weight is 469 g/mol. The van der Waals surface area contributed by atoms with E-state index in [0.29, 0.717) is 23.7 Å². The van der Waals surface area contributed by atoms with E-state index in [2.05, 4.69) is 24.1 Å². The number of carbonyl (C=O) groups is 2. The molecule has 1 heterocycles. The Balaban J connectivity index is 1.84. The lowest BCUT2D eigenvalue weighted by Crippen LogP contribution is -2.30. The maximum atomic E-state index is 13.4. The van der Waals surface area contributed by atoms with Crippen molar-refractivity contribution in [3.8, 4) is 0 Å². The van der Waals surface area contributed by atoms with Gasteiger partial charge in [-0.05, 0) is 41.5 Å². The number of carboxylic acid groups (broad SMARTS) is 1. The quantitative estimate of drug-likeness (QED) is 0.339. The third-order valence-electron chi connectivity index (χ3n) is 5.01. The Morgan fingerprint density at radius 1 is 1.16 bits per heavy atom. The van der Waals surface area contributed by atoms with Crippen molar-refractivity contribution >= 4 is 35.0 Å². The second kappa shape index (κ2) is 11.8. The van der Waals surface area contributed by atoms with Crippen LogP contribution in [0.2, 0.25) is 0 Å². The molecule has 32 heavy (non-hydrogen) atoms. The lowest BCUT2D eigenvalue weighted by Gasteiger charge is -2.22. The summed E-state index contributed by atoms with van der Waals surface area (Å²) in [6.45, 7) is 4.27. The first kappa shape index (κ1) is 24.0. The van der Waals surface area contributed by atoms with Crippen molar-refractivity contribution in [3.05, 3.63) is 82.4 Å². The molecule has 2 aromatic carbocycles. The Morgan fingerprint density at radius 2 is 1.94 bits per heavy atom. The Labute approximate surface area is 197 Å². The maximum Gasteiger partial charge on any atom is 0.303 e. The first-order valence-corrected chi connectivity index (χ1v) is 12.5. The number of aromatic nitrogens is 1. The van der Waals surface area contributed by atoms with Gasteiger partial charge in [0.2, 0.25) is 0 Å². The van der Waals surface area contributed by atoms with Gasteiger partial charge in [0.1, 0.15) is 4.34 Å². The molecule has 1 aromatic heterocycles. The van der Waals surface area contributed by atoms with Gasteiger partial charge >= 0.3 is 5.97 Å². The smallest absolute Gasteiger partial charge is 0.303 e. The molecule has 0 bridgehead atoms. The minimum absolute atomic E-state index is 0.0123. The Morgan fingerprint density at radius 3 is 2.59 bits per heavy atom. The number of thiazole rings is 1. The van der Waals surface area contributed by atoms with Crippen molar-refractivity contribution in [2.24, 2.45) is 5.92 Å². The monoisotopic (exact) mass is 468 g/mol. The highest BCUT2D eigenvalue weighted by Gasteiger charge is 2.20. The molecule has 168 valence electrons. The predicted octanol–water partition coefficient (Wildman–Crippen LogP) is 5.97. The second-order valence-corrected chi connectivity index (χ2v) is 10.2. The van der Waals surface area contributed by atoms with Crippen LogP contribution in [-0.4, -0.2) is 22.0 Å². The number of carboxylic acids is 1. The molecular formula is C25H28N2O3S2. The highest BCUT2D eigenvalue weighted by molar-refractivity contribution is 8.00. The van der Waals surface area contributed by atoms with E-state index in [1.807, 2.05) is 53.9 Å².